The highest BCUT2D eigenvalue weighted by atomic mass is 16.7. The van der Waals surface area contributed by atoms with Crippen molar-refractivity contribution in [3.05, 3.63) is 96.3 Å². The van der Waals surface area contributed by atoms with Gasteiger partial charge in [0, 0.05) is 18.5 Å². The predicted octanol–water partition coefficient (Wildman–Crippen LogP) is 3.83. The number of carbonyl (C=O) groups excluding carboxylic acids is 2. The number of ether oxygens (including phenoxy) is 4. The number of anilines is 1. The summed E-state index contributed by atoms with van der Waals surface area (Å²) in [6, 6.07) is 20.8. The Labute approximate surface area is 246 Å². The third kappa shape index (κ3) is 5.75. The van der Waals surface area contributed by atoms with Crippen LogP contribution in [-0.2, 0) is 16.1 Å². The van der Waals surface area contributed by atoms with Crippen molar-refractivity contribution in [2.24, 2.45) is 0 Å². The molecule has 1 N–H and O–H groups in total. The zero-order valence-corrected chi connectivity index (χ0v) is 23.5. The number of para-hydroxylation sites is 1. The average molecular weight is 581 g/mol. The smallest absolute Gasteiger partial charge is 0.245 e. The van der Waals surface area contributed by atoms with E-state index in [-0.39, 0.29) is 25.8 Å². The summed E-state index contributed by atoms with van der Waals surface area (Å²) >= 11 is 0. The van der Waals surface area contributed by atoms with Crippen LogP contribution >= 0.6 is 0 Å². The SMILES string of the molecule is COc1ccc(NC(=O)CN(C(=O)Cn2nnc3ccccc32)[C@@H](c2cccnc2)c2ccc3c(c2)OCO3)c(OC)c1. The first-order chi connectivity index (χ1) is 21.0. The summed E-state index contributed by atoms with van der Waals surface area (Å²) in [6.07, 6.45) is 3.32. The minimum Gasteiger partial charge on any atom is -0.497 e. The molecule has 0 saturated heterocycles. The molecule has 2 aromatic heterocycles. The summed E-state index contributed by atoms with van der Waals surface area (Å²) < 4.78 is 23.4. The first kappa shape index (κ1) is 27.5. The fourth-order valence-corrected chi connectivity index (χ4v) is 5.00. The van der Waals surface area contributed by atoms with E-state index in [1.54, 1.807) is 49.8 Å². The first-order valence-electron chi connectivity index (χ1n) is 13.4. The second-order valence-electron chi connectivity index (χ2n) is 9.67. The van der Waals surface area contributed by atoms with Gasteiger partial charge in [0.2, 0.25) is 18.6 Å². The molecule has 6 rings (SSSR count). The number of nitrogens with one attached hydrogen (secondary N) is 1. The lowest BCUT2D eigenvalue weighted by molar-refractivity contribution is -0.137. The largest absolute Gasteiger partial charge is 0.497 e. The van der Waals surface area contributed by atoms with Crippen LogP contribution in [0.4, 0.5) is 5.69 Å². The minimum atomic E-state index is -0.700. The van der Waals surface area contributed by atoms with Crippen LogP contribution < -0.4 is 24.3 Å². The predicted molar refractivity (Wildman–Crippen MR) is 156 cm³/mol. The number of carbonyl (C=O) groups is 2. The molecule has 0 unspecified atom stereocenters. The van der Waals surface area contributed by atoms with Crippen molar-refractivity contribution in [1.82, 2.24) is 24.9 Å². The minimum absolute atomic E-state index is 0.102. The van der Waals surface area contributed by atoms with E-state index in [0.717, 1.165) is 0 Å². The highest BCUT2D eigenvalue weighted by Gasteiger charge is 2.31. The average Bonchev–Trinajstić information content (AvgIpc) is 3.68. The molecule has 0 saturated carbocycles. The van der Waals surface area contributed by atoms with E-state index in [1.807, 2.05) is 42.5 Å². The topological polar surface area (TPSA) is 130 Å². The molecule has 1 atom stereocenters. The maximum Gasteiger partial charge on any atom is 0.245 e. The molecule has 2 amide bonds. The molecule has 0 bridgehead atoms. The van der Waals surface area contributed by atoms with Gasteiger partial charge < -0.3 is 29.2 Å². The summed E-state index contributed by atoms with van der Waals surface area (Å²) in [5, 5.41) is 11.3. The van der Waals surface area contributed by atoms with Gasteiger partial charge in [-0.3, -0.25) is 14.6 Å². The number of fused-ring (bicyclic) bond motifs is 2. The molecule has 0 fully saturated rings. The highest BCUT2D eigenvalue weighted by molar-refractivity contribution is 5.96. The van der Waals surface area contributed by atoms with Gasteiger partial charge in [-0.2, -0.15) is 0 Å². The molecule has 218 valence electrons. The van der Waals surface area contributed by atoms with Gasteiger partial charge in [-0.05, 0) is 53.6 Å². The maximum absolute atomic E-state index is 14.2. The van der Waals surface area contributed by atoms with Gasteiger partial charge in [0.25, 0.3) is 0 Å². The van der Waals surface area contributed by atoms with Crippen molar-refractivity contribution in [3.63, 3.8) is 0 Å². The lowest BCUT2D eigenvalue weighted by atomic mass is 9.97. The van der Waals surface area contributed by atoms with Gasteiger partial charge in [0.05, 0.1) is 31.5 Å². The van der Waals surface area contributed by atoms with Gasteiger partial charge in [-0.15, -0.1) is 5.10 Å². The van der Waals surface area contributed by atoms with Gasteiger partial charge in [-0.25, -0.2) is 4.68 Å². The molecule has 0 aliphatic carbocycles. The van der Waals surface area contributed by atoms with Crippen molar-refractivity contribution in [1.29, 1.82) is 0 Å². The standard InChI is InChI=1S/C31H28N6O6/c1-40-22-10-11-24(27(15-22)41-2)33-29(38)17-36(30(39)18-37-25-8-4-3-7-23(25)34-35-37)31(21-6-5-13-32-16-21)20-9-12-26-28(14-20)43-19-42-26/h3-16,31H,17-19H2,1-2H3,(H,33,38)/t31-/m1/s1. The zero-order chi connectivity index (χ0) is 29.8. The van der Waals surface area contributed by atoms with E-state index < -0.39 is 11.9 Å². The Hall–Kier alpha value is -5.65. The van der Waals surface area contributed by atoms with Crippen LogP contribution in [0.1, 0.15) is 17.2 Å². The van der Waals surface area contributed by atoms with Crippen molar-refractivity contribution < 1.29 is 28.5 Å². The van der Waals surface area contributed by atoms with Crippen molar-refractivity contribution in [2.75, 3.05) is 32.9 Å². The number of nitrogens with zero attached hydrogens (tertiary/aromatic N) is 5. The fourth-order valence-electron chi connectivity index (χ4n) is 5.00. The molecular formula is C31H28N6O6. The molecule has 3 aromatic carbocycles. The van der Waals surface area contributed by atoms with Crippen LogP contribution in [0.25, 0.3) is 11.0 Å². The molecule has 1 aliphatic rings. The number of rotatable bonds is 10. The Morgan fingerprint density at radius 1 is 0.977 bits per heavy atom. The van der Waals surface area contributed by atoms with Crippen molar-refractivity contribution in [2.45, 2.75) is 12.6 Å². The molecule has 1 aliphatic heterocycles. The maximum atomic E-state index is 14.2. The quantitative estimate of drug-likeness (QED) is 0.262. The van der Waals surface area contributed by atoms with E-state index >= 15 is 0 Å². The highest BCUT2D eigenvalue weighted by Crippen LogP contribution is 2.38. The van der Waals surface area contributed by atoms with E-state index in [1.165, 1.54) is 16.7 Å². The third-order valence-corrected chi connectivity index (χ3v) is 7.05. The van der Waals surface area contributed by atoms with Crippen LogP contribution in [0.5, 0.6) is 23.0 Å². The number of hydrogen-bond donors (Lipinski definition) is 1. The Balaban J connectivity index is 1.38. The zero-order valence-electron chi connectivity index (χ0n) is 23.5. The Morgan fingerprint density at radius 2 is 1.84 bits per heavy atom. The summed E-state index contributed by atoms with van der Waals surface area (Å²) in [7, 11) is 3.05. The number of amides is 2. The van der Waals surface area contributed by atoms with Crippen LogP contribution in [0, 0.1) is 0 Å². The number of methoxy groups -OCH3 is 2. The molecular weight excluding hydrogens is 552 g/mol. The van der Waals surface area contributed by atoms with E-state index in [4.69, 9.17) is 18.9 Å². The second-order valence-corrected chi connectivity index (χ2v) is 9.67. The monoisotopic (exact) mass is 580 g/mol. The molecule has 3 heterocycles. The van der Waals surface area contributed by atoms with Gasteiger partial charge in [0.15, 0.2) is 11.5 Å². The number of aromatic nitrogens is 4. The Bertz CT molecular complexity index is 1780. The lowest BCUT2D eigenvalue weighted by Crippen LogP contribution is -2.43. The van der Waals surface area contributed by atoms with Crippen LogP contribution in [0.2, 0.25) is 0 Å². The van der Waals surface area contributed by atoms with Crippen LogP contribution in [-0.4, -0.2) is 64.2 Å². The number of pyridine rings is 1. The molecule has 12 nitrogen and oxygen atoms in total. The molecule has 0 spiro atoms. The Kier molecular flexibility index (Phi) is 7.72. The van der Waals surface area contributed by atoms with Gasteiger partial charge in [-0.1, -0.05) is 29.5 Å². The van der Waals surface area contributed by atoms with Gasteiger partial charge >= 0.3 is 0 Å². The third-order valence-electron chi connectivity index (χ3n) is 7.05. The lowest BCUT2D eigenvalue weighted by Gasteiger charge is -2.32. The van der Waals surface area contributed by atoms with E-state index in [2.05, 4.69) is 20.6 Å². The Morgan fingerprint density at radius 3 is 2.65 bits per heavy atom. The molecule has 43 heavy (non-hydrogen) atoms. The molecule has 12 heteroatoms. The normalized spacial score (nSPS) is 12.5. The summed E-state index contributed by atoms with van der Waals surface area (Å²) in [5.41, 5.74) is 3.20. The van der Waals surface area contributed by atoms with E-state index in [9.17, 15) is 9.59 Å². The number of hydrogen-bond acceptors (Lipinski definition) is 9. The number of benzene rings is 3. The first-order valence-corrected chi connectivity index (χ1v) is 13.4. The van der Waals surface area contributed by atoms with Crippen molar-refractivity contribution in [3.8, 4) is 23.0 Å². The van der Waals surface area contributed by atoms with E-state index in [0.29, 0.717) is 50.8 Å². The fraction of sp³-hybridized carbons (Fsp3) is 0.194. The molecule has 0 radical (unpaired) electrons. The second kappa shape index (κ2) is 12.1. The molecule has 5 aromatic rings. The summed E-state index contributed by atoms with van der Waals surface area (Å²) in [4.78, 5) is 33.6. The summed E-state index contributed by atoms with van der Waals surface area (Å²) in [6.45, 7) is -0.347. The summed E-state index contributed by atoms with van der Waals surface area (Å²) in [5.74, 6) is 1.35. The van der Waals surface area contributed by atoms with Crippen LogP contribution in [0.15, 0.2) is 85.2 Å². The van der Waals surface area contributed by atoms with Crippen molar-refractivity contribution >= 4 is 28.5 Å². The van der Waals surface area contributed by atoms with Gasteiger partial charge in [0.1, 0.15) is 30.1 Å². The van der Waals surface area contributed by atoms with Crippen LogP contribution in [0.3, 0.4) is 0 Å².